The molecule has 106 valence electrons. The summed E-state index contributed by atoms with van der Waals surface area (Å²) in [5.74, 6) is 1.15. The predicted molar refractivity (Wildman–Crippen MR) is 77.4 cm³/mol. The zero-order chi connectivity index (χ0) is 13.7. The van der Waals surface area contributed by atoms with Crippen LogP contribution in [0.3, 0.4) is 0 Å². The third kappa shape index (κ3) is 3.71. The molecule has 0 radical (unpaired) electrons. The maximum Gasteiger partial charge on any atom is 0.118 e. The second-order valence-corrected chi connectivity index (χ2v) is 5.39. The highest BCUT2D eigenvalue weighted by molar-refractivity contribution is 5.28. The third-order valence-electron chi connectivity index (χ3n) is 4.12. The van der Waals surface area contributed by atoms with Crippen molar-refractivity contribution in [2.24, 2.45) is 5.92 Å². The number of aliphatic hydroxyl groups excluding tert-OH is 1. The minimum atomic E-state index is -0.378. The summed E-state index contributed by atoms with van der Waals surface area (Å²) >= 11 is 0. The van der Waals surface area contributed by atoms with E-state index in [9.17, 15) is 5.11 Å². The molecule has 1 aliphatic heterocycles. The molecule has 0 aliphatic carbocycles. The zero-order valence-corrected chi connectivity index (χ0v) is 12.0. The fourth-order valence-corrected chi connectivity index (χ4v) is 2.82. The van der Waals surface area contributed by atoms with Crippen LogP contribution in [0.25, 0.3) is 0 Å². The van der Waals surface area contributed by atoms with Gasteiger partial charge in [-0.25, -0.2) is 0 Å². The van der Waals surface area contributed by atoms with Gasteiger partial charge in [0.1, 0.15) is 5.75 Å². The van der Waals surface area contributed by atoms with Gasteiger partial charge < -0.3 is 14.7 Å². The molecule has 19 heavy (non-hydrogen) atoms. The van der Waals surface area contributed by atoms with Crippen LogP contribution in [0.5, 0.6) is 5.75 Å². The number of hydrogen-bond donors (Lipinski definition) is 1. The summed E-state index contributed by atoms with van der Waals surface area (Å²) in [5.41, 5.74) is 0.992. The Morgan fingerprint density at radius 2 is 1.84 bits per heavy atom. The molecule has 1 N–H and O–H groups in total. The molecule has 0 unspecified atom stereocenters. The van der Waals surface area contributed by atoms with Gasteiger partial charge >= 0.3 is 0 Å². The first-order chi connectivity index (χ1) is 9.24. The Morgan fingerprint density at radius 1 is 1.21 bits per heavy atom. The van der Waals surface area contributed by atoms with Gasteiger partial charge in [0.05, 0.1) is 13.2 Å². The van der Waals surface area contributed by atoms with Crippen molar-refractivity contribution in [1.29, 1.82) is 0 Å². The molecular formula is C16H25NO2. The number of ether oxygens (including phenoxy) is 1. The summed E-state index contributed by atoms with van der Waals surface area (Å²) in [6.07, 6.45) is 3.23. The predicted octanol–water partition coefficient (Wildman–Crippen LogP) is 2.85. The van der Waals surface area contributed by atoms with Gasteiger partial charge in [-0.1, -0.05) is 19.1 Å². The Morgan fingerprint density at radius 3 is 2.37 bits per heavy atom. The van der Waals surface area contributed by atoms with Crippen LogP contribution in [0.15, 0.2) is 24.3 Å². The molecule has 1 heterocycles. The monoisotopic (exact) mass is 263 g/mol. The molecule has 0 spiro atoms. The molecule has 0 bridgehead atoms. The van der Waals surface area contributed by atoms with Gasteiger partial charge in [0, 0.05) is 12.5 Å². The van der Waals surface area contributed by atoms with Crippen molar-refractivity contribution in [2.75, 3.05) is 26.7 Å². The lowest BCUT2D eigenvalue weighted by Crippen LogP contribution is -2.29. The van der Waals surface area contributed by atoms with Gasteiger partial charge in [0.25, 0.3) is 0 Å². The number of likely N-dealkylation sites (tertiary alicyclic amines) is 1. The molecule has 1 fully saturated rings. The van der Waals surface area contributed by atoms with E-state index < -0.39 is 0 Å². The average Bonchev–Trinajstić information content (AvgIpc) is 2.97. The lowest BCUT2D eigenvalue weighted by Gasteiger charge is -2.27. The van der Waals surface area contributed by atoms with Crippen molar-refractivity contribution < 1.29 is 9.84 Å². The van der Waals surface area contributed by atoms with E-state index in [0.717, 1.165) is 24.3 Å². The molecule has 1 aromatic rings. The molecule has 1 aliphatic rings. The Kier molecular flexibility index (Phi) is 5.23. The van der Waals surface area contributed by atoms with Crippen molar-refractivity contribution in [3.63, 3.8) is 0 Å². The molecule has 0 saturated carbocycles. The molecular weight excluding hydrogens is 238 g/mol. The largest absolute Gasteiger partial charge is 0.497 e. The second kappa shape index (κ2) is 6.92. The van der Waals surface area contributed by atoms with Crippen LogP contribution in [-0.4, -0.2) is 36.8 Å². The zero-order valence-electron chi connectivity index (χ0n) is 12.0. The van der Waals surface area contributed by atoms with Crippen molar-refractivity contribution >= 4 is 0 Å². The molecule has 2 rings (SSSR count). The van der Waals surface area contributed by atoms with E-state index in [0.29, 0.717) is 5.92 Å². The van der Waals surface area contributed by atoms with Gasteiger partial charge in [-0.05, 0) is 50.0 Å². The van der Waals surface area contributed by atoms with Gasteiger partial charge in [-0.15, -0.1) is 0 Å². The standard InChI is InChI=1S/C16H25NO2/c1-3-13(12-17-10-4-5-11-17)16(18)14-6-8-15(19-2)9-7-14/h6-9,13,16,18H,3-5,10-12H2,1-2H3/t13-,16+/m1/s1. The Hall–Kier alpha value is -1.06. The van der Waals surface area contributed by atoms with Crippen molar-refractivity contribution in [2.45, 2.75) is 32.3 Å². The fourth-order valence-electron chi connectivity index (χ4n) is 2.82. The lowest BCUT2D eigenvalue weighted by molar-refractivity contribution is 0.0823. The van der Waals surface area contributed by atoms with Crippen LogP contribution in [0, 0.1) is 5.92 Å². The molecule has 0 amide bonds. The number of rotatable bonds is 6. The summed E-state index contributed by atoms with van der Waals surface area (Å²) in [7, 11) is 1.66. The summed E-state index contributed by atoms with van der Waals surface area (Å²) in [4.78, 5) is 2.47. The van der Waals surface area contributed by atoms with Crippen LogP contribution in [0.4, 0.5) is 0 Å². The summed E-state index contributed by atoms with van der Waals surface area (Å²) in [6.45, 7) is 5.54. The first-order valence-electron chi connectivity index (χ1n) is 7.29. The number of benzene rings is 1. The molecule has 0 aromatic heterocycles. The van der Waals surface area contributed by atoms with Crippen LogP contribution < -0.4 is 4.74 Å². The number of methoxy groups -OCH3 is 1. The quantitative estimate of drug-likeness (QED) is 0.856. The smallest absolute Gasteiger partial charge is 0.118 e. The molecule has 3 nitrogen and oxygen atoms in total. The van der Waals surface area contributed by atoms with Crippen LogP contribution in [0.2, 0.25) is 0 Å². The Bertz CT molecular complexity index is 371. The van der Waals surface area contributed by atoms with Gasteiger partial charge in [-0.2, -0.15) is 0 Å². The average molecular weight is 263 g/mol. The minimum Gasteiger partial charge on any atom is -0.497 e. The number of hydrogen-bond acceptors (Lipinski definition) is 3. The van der Waals surface area contributed by atoms with Crippen LogP contribution in [-0.2, 0) is 0 Å². The highest BCUT2D eigenvalue weighted by Gasteiger charge is 2.23. The van der Waals surface area contributed by atoms with E-state index in [-0.39, 0.29) is 6.10 Å². The molecule has 1 aromatic carbocycles. The first kappa shape index (κ1) is 14.4. The van der Waals surface area contributed by atoms with Crippen molar-refractivity contribution in [3.8, 4) is 5.75 Å². The number of nitrogens with zero attached hydrogens (tertiary/aromatic N) is 1. The SMILES string of the molecule is CC[C@H](CN1CCCC1)[C@H](O)c1ccc(OC)cc1. The Balaban J connectivity index is 1.99. The van der Waals surface area contributed by atoms with Crippen molar-refractivity contribution in [1.82, 2.24) is 4.90 Å². The topological polar surface area (TPSA) is 32.7 Å². The maximum atomic E-state index is 10.5. The minimum absolute atomic E-state index is 0.312. The third-order valence-corrected chi connectivity index (χ3v) is 4.12. The van der Waals surface area contributed by atoms with Crippen LogP contribution in [0.1, 0.15) is 37.9 Å². The normalized spacial score (nSPS) is 19.3. The molecule has 3 heteroatoms. The lowest BCUT2D eigenvalue weighted by atomic mass is 9.93. The second-order valence-electron chi connectivity index (χ2n) is 5.39. The van der Waals surface area contributed by atoms with Crippen molar-refractivity contribution in [3.05, 3.63) is 29.8 Å². The summed E-state index contributed by atoms with van der Waals surface area (Å²) in [5, 5.41) is 10.5. The highest BCUT2D eigenvalue weighted by Crippen LogP contribution is 2.27. The maximum absolute atomic E-state index is 10.5. The van der Waals surface area contributed by atoms with E-state index in [1.807, 2.05) is 24.3 Å². The van der Waals surface area contributed by atoms with Gasteiger partial charge in [-0.3, -0.25) is 0 Å². The summed E-state index contributed by atoms with van der Waals surface area (Å²) < 4.78 is 5.15. The van der Waals surface area contributed by atoms with Gasteiger partial charge in [0.2, 0.25) is 0 Å². The first-order valence-corrected chi connectivity index (χ1v) is 7.29. The summed E-state index contributed by atoms with van der Waals surface area (Å²) in [6, 6.07) is 7.77. The van der Waals surface area contributed by atoms with Crippen LogP contribution >= 0.6 is 0 Å². The molecule has 1 saturated heterocycles. The van der Waals surface area contributed by atoms with E-state index >= 15 is 0 Å². The highest BCUT2D eigenvalue weighted by atomic mass is 16.5. The van der Waals surface area contributed by atoms with E-state index in [1.54, 1.807) is 7.11 Å². The van der Waals surface area contributed by atoms with Gasteiger partial charge in [0.15, 0.2) is 0 Å². The fraction of sp³-hybridized carbons (Fsp3) is 0.625. The van der Waals surface area contributed by atoms with E-state index in [4.69, 9.17) is 4.74 Å². The number of aliphatic hydroxyl groups is 1. The van der Waals surface area contributed by atoms with E-state index in [2.05, 4.69) is 11.8 Å². The van der Waals surface area contributed by atoms with E-state index in [1.165, 1.54) is 25.9 Å². The molecule has 2 atom stereocenters. The Labute approximate surface area is 116 Å².